The van der Waals surface area contributed by atoms with Gasteiger partial charge in [0.1, 0.15) is 0 Å². The van der Waals surface area contributed by atoms with Crippen molar-refractivity contribution in [2.75, 3.05) is 27.7 Å². The van der Waals surface area contributed by atoms with Crippen LogP contribution >= 0.6 is 0 Å². The Morgan fingerprint density at radius 3 is 2.39 bits per heavy atom. The number of likely N-dealkylation sites (N-methyl/N-ethyl adjacent to an activating group) is 2. The summed E-state index contributed by atoms with van der Waals surface area (Å²) in [5.74, 6) is 0.366. The zero-order valence-electron chi connectivity index (χ0n) is 12.1. The Morgan fingerprint density at radius 1 is 1.39 bits per heavy atom. The van der Waals surface area contributed by atoms with E-state index in [-0.39, 0.29) is 30.3 Å². The van der Waals surface area contributed by atoms with E-state index in [1.807, 2.05) is 14.1 Å². The van der Waals surface area contributed by atoms with Crippen molar-refractivity contribution in [3.63, 3.8) is 0 Å². The lowest BCUT2D eigenvalue weighted by atomic mass is 10.0. The summed E-state index contributed by atoms with van der Waals surface area (Å²) >= 11 is 0. The fraction of sp³-hybridized carbons (Fsp3) is 0.846. The molecule has 2 unspecified atom stereocenters. The second-order valence-electron chi connectivity index (χ2n) is 5.80. The first-order valence-corrected chi connectivity index (χ1v) is 6.52. The highest BCUT2D eigenvalue weighted by molar-refractivity contribution is 6.05. The molecule has 0 radical (unpaired) electrons. The zero-order chi connectivity index (χ0) is 13.9. The number of carbonyl (C=O) groups is 2. The lowest BCUT2D eigenvalue weighted by molar-refractivity contribution is -0.137. The molecule has 2 amide bonds. The van der Waals surface area contributed by atoms with Gasteiger partial charge < -0.3 is 10.2 Å². The number of carbonyl (C=O) groups excluding carboxylic acids is 2. The van der Waals surface area contributed by atoms with Crippen LogP contribution in [0, 0.1) is 5.92 Å². The Labute approximate surface area is 110 Å². The van der Waals surface area contributed by atoms with Crippen LogP contribution in [0.1, 0.15) is 26.7 Å². The first-order valence-electron chi connectivity index (χ1n) is 6.52. The molecule has 1 N–H and O–H groups in total. The molecular weight excluding hydrogens is 230 g/mol. The monoisotopic (exact) mass is 255 g/mol. The van der Waals surface area contributed by atoms with Gasteiger partial charge in [0.05, 0.1) is 12.5 Å². The second kappa shape index (κ2) is 6.29. The smallest absolute Gasteiger partial charge is 0.246 e. The number of nitrogens with one attached hydrogen (secondary N) is 1. The van der Waals surface area contributed by atoms with Gasteiger partial charge in [0.2, 0.25) is 11.8 Å². The maximum absolute atomic E-state index is 11.9. The Kier molecular flexibility index (Phi) is 5.28. The molecule has 1 fully saturated rings. The zero-order valence-corrected chi connectivity index (χ0v) is 12.1. The molecule has 5 heteroatoms. The number of likely N-dealkylation sites (tertiary alicyclic amines) is 1. The summed E-state index contributed by atoms with van der Waals surface area (Å²) in [6.45, 7) is 5.20. The van der Waals surface area contributed by atoms with E-state index in [1.165, 1.54) is 4.90 Å². The number of hydrogen-bond donors (Lipinski definition) is 1. The molecule has 0 aromatic heterocycles. The lowest BCUT2D eigenvalue weighted by Gasteiger charge is -2.26. The van der Waals surface area contributed by atoms with Crippen molar-refractivity contribution in [3.05, 3.63) is 0 Å². The first-order chi connectivity index (χ1) is 8.31. The van der Waals surface area contributed by atoms with E-state index in [0.29, 0.717) is 5.92 Å². The molecule has 18 heavy (non-hydrogen) atoms. The molecule has 0 aliphatic carbocycles. The van der Waals surface area contributed by atoms with Crippen LogP contribution in [0.5, 0.6) is 0 Å². The third kappa shape index (κ3) is 4.07. The van der Waals surface area contributed by atoms with Gasteiger partial charge in [0.15, 0.2) is 0 Å². The van der Waals surface area contributed by atoms with Gasteiger partial charge in [-0.1, -0.05) is 13.8 Å². The van der Waals surface area contributed by atoms with Crippen LogP contribution in [0.25, 0.3) is 0 Å². The average molecular weight is 255 g/mol. The van der Waals surface area contributed by atoms with Gasteiger partial charge in [-0.2, -0.15) is 0 Å². The number of nitrogens with zero attached hydrogens (tertiary/aromatic N) is 2. The van der Waals surface area contributed by atoms with E-state index in [9.17, 15) is 9.59 Å². The van der Waals surface area contributed by atoms with Gasteiger partial charge in [-0.3, -0.25) is 14.5 Å². The van der Waals surface area contributed by atoms with E-state index in [4.69, 9.17) is 0 Å². The first kappa shape index (κ1) is 15.1. The third-order valence-electron chi connectivity index (χ3n) is 3.16. The van der Waals surface area contributed by atoms with E-state index < -0.39 is 0 Å². The summed E-state index contributed by atoms with van der Waals surface area (Å²) in [5, 5.41) is 3.34. The van der Waals surface area contributed by atoms with Crippen molar-refractivity contribution in [1.29, 1.82) is 0 Å². The summed E-state index contributed by atoms with van der Waals surface area (Å²) < 4.78 is 0. The molecule has 1 aliphatic heterocycles. The van der Waals surface area contributed by atoms with E-state index in [1.54, 1.807) is 7.05 Å². The molecule has 0 saturated carbocycles. The second-order valence-corrected chi connectivity index (χ2v) is 5.80. The van der Waals surface area contributed by atoms with Crippen LogP contribution in [0.4, 0.5) is 0 Å². The maximum Gasteiger partial charge on any atom is 0.246 e. The minimum Gasteiger partial charge on any atom is -0.308 e. The summed E-state index contributed by atoms with van der Waals surface area (Å²) in [7, 11) is 5.58. The molecule has 0 aromatic rings. The Morgan fingerprint density at radius 2 is 2.00 bits per heavy atom. The molecule has 0 bridgehead atoms. The topological polar surface area (TPSA) is 52.7 Å². The van der Waals surface area contributed by atoms with Crippen LogP contribution in [-0.4, -0.2) is 61.4 Å². The molecule has 1 saturated heterocycles. The van der Waals surface area contributed by atoms with Gasteiger partial charge in [-0.15, -0.1) is 0 Å². The summed E-state index contributed by atoms with van der Waals surface area (Å²) in [5.41, 5.74) is 0. The van der Waals surface area contributed by atoms with Gasteiger partial charge in [-0.05, 0) is 26.4 Å². The van der Waals surface area contributed by atoms with Gasteiger partial charge in [-0.25, -0.2) is 0 Å². The standard InChI is InChI=1S/C13H25N3O2/c1-9(2)6-10(8-15(3)4)14-11-7-12(17)16(5)13(11)18/h9-11,14H,6-8H2,1-5H3. The van der Waals surface area contributed by atoms with Crippen molar-refractivity contribution < 1.29 is 9.59 Å². The number of amides is 2. The van der Waals surface area contributed by atoms with E-state index >= 15 is 0 Å². The highest BCUT2D eigenvalue weighted by Gasteiger charge is 2.37. The van der Waals surface area contributed by atoms with Gasteiger partial charge in [0, 0.05) is 19.6 Å². The molecule has 104 valence electrons. The predicted octanol–water partition coefficient (Wildman–Crippen LogP) is 0.310. The van der Waals surface area contributed by atoms with Crippen molar-refractivity contribution >= 4 is 11.8 Å². The molecule has 1 heterocycles. The van der Waals surface area contributed by atoms with E-state index in [2.05, 4.69) is 24.1 Å². The van der Waals surface area contributed by atoms with Crippen LogP contribution in [0.3, 0.4) is 0 Å². The molecular formula is C13H25N3O2. The van der Waals surface area contributed by atoms with Crippen LogP contribution < -0.4 is 5.32 Å². The van der Waals surface area contributed by atoms with Crippen LogP contribution in [0.15, 0.2) is 0 Å². The SMILES string of the molecule is CC(C)CC(CN(C)C)NC1CC(=O)N(C)C1=O. The lowest BCUT2D eigenvalue weighted by Crippen LogP contribution is -2.47. The molecule has 1 aliphatic rings. The number of hydrogen-bond acceptors (Lipinski definition) is 4. The molecule has 2 atom stereocenters. The maximum atomic E-state index is 11.9. The molecule has 0 spiro atoms. The Hall–Kier alpha value is -0.940. The van der Waals surface area contributed by atoms with Gasteiger partial charge in [0.25, 0.3) is 0 Å². The fourth-order valence-electron chi connectivity index (χ4n) is 2.38. The Balaban J connectivity index is 2.60. The summed E-state index contributed by atoms with van der Waals surface area (Å²) in [6.07, 6.45) is 1.29. The molecule has 0 aromatic carbocycles. The number of imide groups is 1. The van der Waals surface area contributed by atoms with Crippen LogP contribution in [-0.2, 0) is 9.59 Å². The minimum absolute atomic E-state index is 0.0920. The summed E-state index contributed by atoms with van der Waals surface area (Å²) in [4.78, 5) is 26.7. The highest BCUT2D eigenvalue weighted by atomic mass is 16.2. The average Bonchev–Trinajstić information content (AvgIpc) is 2.44. The third-order valence-corrected chi connectivity index (χ3v) is 3.16. The van der Waals surface area contributed by atoms with Crippen LogP contribution in [0.2, 0.25) is 0 Å². The number of rotatable bonds is 6. The van der Waals surface area contributed by atoms with Crippen molar-refractivity contribution in [2.24, 2.45) is 5.92 Å². The molecule has 5 nitrogen and oxygen atoms in total. The van der Waals surface area contributed by atoms with Gasteiger partial charge >= 0.3 is 0 Å². The largest absolute Gasteiger partial charge is 0.308 e. The van der Waals surface area contributed by atoms with Crippen molar-refractivity contribution in [3.8, 4) is 0 Å². The Bertz CT molecular complexity index is 305. The quantitative estimate of drug-likeness (QED) is 0.694. The summed E-state index contributed by atoms with van der Waals surface area (Å²) in [6, 6.07) is -0.0977. The predicted molar refractivity (Wildman–Crippen MR) is 71.1 cm³/mol. The van der Waals surface area contributed by atoms with E-state index in [0.717, 1.165) is 13.0 Å². The van der Waals surface area contributed by atoms with Crippen molar-refractivity contribution in [2.45, 2.75) is 38.8 Å². The highest BCUT2D eigenvalue weighted by Crippen LogP contribution is 2.14. The van der Waals surface area contributed by atoms with Crippen molar-refractivity contribution in [1.82, 2.24) is 15.1 Å². The molecule has 1 rings (SSSR count). The minimum atomic E-state index is -0.341. The fourth-order valence-corrected chi connectivity index (χ4v) is 2.38. The normalized spacial score (nSPS) is 22.4.